The van der Waals surface area contributed by atoms with Gasteiger partial charge in [-0.05, 0) is 23.3 Å². The van der Waals surface area contributed by atoms with Crippen LogP contribution in [0, 0.1) is 0 Å². The van der Waals surface area contributed by atoms with Gasteiger partial charge in [-0.25, -0.2) is 27.9 Å². The van der Waals surface area contributed by atoms with Crippen molar-refractivity contribution in [1.82, 2.24) is 14.7 Å². The van der Waals surface area contributed by atoms with E-state index in [-0.39, 0.29) is 17.0 Å². The van der Waals surface area contributed by atoms with Gasteiger partial charge in [0.2, 0.25) is 16.0 Å². The Labute approximate surface area is 185 Å². The standard InChI is InChI=1S/C22H22N4O5S/c27-21(28)18-12-23-22(24-13-18)26-10-11-31-19(15-26)14-25-32(29,30)20-8-6-17(7-9-20)16-4-2-1-3-5-16/h1-9,12-13,19,25H,10-11,14-15H2,(H,27,28)/t19-/m1/s1. The van der Waals surface area contributed by atoms with Gasteiger partial charge < -0.3 is 14.7 Å². The molecule has 1 saturated heterocycles. The van der Waals surface area contributed by atoms with Crippen molar-refractivity contribution in [1.29, 1.82) is 0 Å². The predicted molar refractivity (Wildman–Crippen MR) is 118 cm³/mol. The van der Waals surface area contributed by atoms with Crippen molar-refractivity contribution in [2.45, 2.75) is 11.0 Å². The Bertz CT molecular complexity index is 1170. The van der Waals surface area contributed by atoms with Gasteiger partial charge in [0.1, 0.15) is 0 Å². The third kappa shape index (κ3) is 5.10. The summed E-state index contributed by atoms with van der Waals surface area (Å²) in [5.74, 6) is -0.717. The van der Waals surface area contributed by atoms with Gasteiger partial charge in [-0.3, -0.25) is 0 Å². The maximum absolute atomic E-state index is 12.7. The van der Waals surface area contributed by atoms with Crippen molar-refractivity contribution in [3.8, 4) is 11.1 Å². The van der Waals surface area contributed by atoms with Crippen LogP contribution in [0.15, 0.2) is 71.9 Å². The molecule has 10 heteroatoms. The molecule has 2 aromatic carbocycles. The molecule has 2 heterocycles. The highest BCUT2D eigenvalue weighted by molar-refractivity contribution is 7.89. The Hall–Kier alpha value is -3.34. The SMILES string of the molecule is O=C(O)c1cnc(N2CCO[C@H](CNS(=O)(=O)c3ccc(-c4ccccc4)cc3)C2)nc1. The molecule has 9 nitrogen and oxygen atoms in total. The van der Waals surface area contributed by atoms with Gasteiger partial charge >= 0.3 is 5.97 Å². The van der Waals surface area contributed by atoms with Crippen molar-refractivity contribution in [2.24, 2.45) is 0 Å². The quantitative estimate of drug-likeness (QED) is 0.556. The van der Waals surface area contributed by atoms with Gasteiger partial charge in [-0.15, -0.1) is 0 Å². The van der Waals surface area contributed by atoms with E-state index in [1.54, 1.807) is 24.3 Å². The minimum atomic E-state index is -3.70. The molecule has 1 aliphatic heterocycles. The number of sulfonamides is 1. The number of carboxylic acids is 1. The Kier molecular flexibility index (Phi) is 6.45. The fourth-order valence-corrected chi connectivity index (χ4v) is 4.43. The van der Waals surface area contributed by atoms with Crippen LogP contribution >= 0.6 is 0 Å². The second-order valence-electron chi connectivity index (χ2n) is 7.26. The van der Waals surface area contributed by atoms with Gasteiger partial charge in [0.15, 0.2) is 0 Å². The van der Waals surface area contributed by atoms with E-state index in [1.165, 1.54) is 12.4 Å². The lowest BCUT2D eigenvalue weighted by molar-refractivity contribution is 0.0436. The molecule has 0 spiro atoms. The highest BCUT2D eigenvalue weighted by Gasteiger charge is 2.25. The number of aromatic carboxylic acids is 1. The summed E-state index contributed by atoms with van der Waals surface area (Å²) in [6, 6.07) is 16.4. The van der Waals surface area contributed by atoms with Crippen LogP contribution in [0.1, 0.15) is 10.4 Å². The molecule has 1 fully saturated rings. The van der Waals surface area contributed by atoms with Gasteiger partial charge in [0.25, 0.3) is 0 Å². The maximum Gasteiger partial charge on any atom is 0.338 e. The maximum atomic E-state index is 12.7. The van der Waals surface area contributed by atoms with E-state index in [9.17, 15) is 13.2 Å². The molecule has 1 aromatic heterocycles. The zero-order valence-corrected chi connectivity index (χ0v) is 17.9. The fourth-order valence-electron chi connectivity index (χ4n) is 3.36. The Morgan fingerprint density at radius 1 is 1.06 bits per heavy atom. The van der Waals surface area contributed by atoms with Crippen LogP contribution in [0.5, 0.6) is 0 Å². The van der Waals surface area contributed by atoms with Crippen LogP contribution in [0.4, 0.5) is 5.95 Å². The van der Waals surface area contributed by atoms with Gasteiger partial charge in [-0.1, -0.05) is 42.5 Å². The second-order valence-corrected chi connectivity index (χ2v) is 9.02. The van der Waals surface area contributed by atoms with Crippen LogP contribution in [-0.4, -0.2) is 61.8 Å². The average molecular weight is 455 g/mol. The average Bonchev–Trinajstić information content (AvgIpc) is 2.84. The number of nitrogens with one attached hydrogen (secondary N) is 1. The molecular weight excluding hydrogens is 432 g/mol. The van der Waals surface area contributed by atoms with Crippen molar-refractivity contribution in [3.05, 3.63) is 72.6 Å². The molecule has 0 bridgehead atoms. The number of morpholine rings is 1. The zero-order valence-electron chi connectivity index (χ0n) is 17.1. The molecule has 0 amide bonds. The zero-order chi connectivity index (χ0) is 22.6. The number of nitrogens with zero attached hydrogens (tertiary/aromatic N) is 3. The van der Waals surface area contributed by atoms with E-state index in [1.807, 2.05) is 35.2 Å². The summed E-state index contributed by atoms with van der Waals surface area (Å²) >= 11 is 0. The highest BCUT2D eigenvalue weighted by atomic mass is 32.2. The number of rotatable bonds is 7. The number of ether oxygens (including phenoxy) is 1. The highest BCUT2D eigenvalue weighted by Crippen LogP contribution is 2.21. The van der Waals surface area contributed by atoms with Gasteiger partial charge in [0, 0.05) is 32.0 Å². The summed E-state index contributed by atoms with van der Waals surface area (Å²) in [5, 5.41) is 8.96. The van der Waals surface area contributed by atoms with E-state index < -0.39 is 22.1 Å². The monoisotopic (exact) mass is 454 g/mol. The number of carbonyl (C=O) groups is 1. The Morgan fingerprint density at radius 2 is 1.72 bits per heavy atom. The first-order chi connectivity index (χ1) is 15.4. The fraction of sp³-hybridized carbons (Fsp3) is 0.227. The topological polar surface area (TPSA) is 122 Å². The minimum absolute atomic E-state index is 0.00426. The van der Waals surface area contributed by atoms with E-state index in [0.717, 1.165) is 11.1 Å². The van der Waals surface area contributed by atoms with E-state index in [2.05, 4.69) is 14.7 Å². The van der Waals surface area contributed by atoms with Crippen molar-refractivity contribution in [3.63, 3.8) is 0 Å². The molecule has 1 atom stereocenters. The van der Waals surface area contributed by atoms with Crippen LogP contribution in [0.25, 0.3) is 11.1 Å². The third-order valence-corrected chi connectivity index (χ3v) is 6.52. The van der Waals surface area contributed by atoms with E-state index in [0.29, 0.717) is 25.6 Å². The molecule has 166 valence electrons. The number of benzene rings is 2. The molecular formula is C22H22N4O5S. The molecule has 0 unspecified atom stereocenters. The van der Waals surface area contributed by atoms with E-state index >= 15 is 0 Å². The first-order valence-corrected chi connectivity index (χ1v) is 11.5. The second kappa shape index (κ2) is 9.43. The third-order valence-electron chi connectivity index (χ3n) is 5.08. The summed E-state index contributed by atoms with van der Waals surface area (Å²) < 4.78 is 33.7. The first-order valence-electron chi connectivity index (χ1n) is 9.99. The lowest BCUT2D eigenvalue weighted by Crippen LogP contribution is -2.48. The normalized spacial score (nSPS) is 16.6. The lowest BCUT2D eigenvalue weighted by atomic mass is 10.1. The smallest absolute Gasteiger partial charge is 0.338 e. The summed E-state index contributed by atoms with van der Waals surface area (Å²) in [7, 11) is -3.70. The summed E-state index contributed by atoms with van der Waals surface area (Å²) in [4.78, 5) is 21.1. The number of carboxylic acid groups (broad SMARTS) is 1. The lowest BCUT2D eigenvalue weighted by Gasteiger charge is -2.32. The van der Waals surface area contributed by atoms with Crippen LogP contribution in [0.3, 0.4) is 0 Å². The number of aromatic nitrogens is 2. The molecule has 0 saturated carbocycles. The molecule has 3 aromatic rings. The summed E-state index contributed by atoms with van der Waals surface area (Å²) in [5.41, 5.74) is 1.95. The van der Waals surface area contributed by atoms with Crippen molar-refractivity contribution >= 4 is 21.9 Å². The molecule has 32 heavy (non-hydrogen) atoms. The van der Waals surface area contributed by atoms with Crippen molar-refractivity contribution < 1.29 is 23.1 Å². The van der Waals surface area contributed by atoms with Crippen LogP contribution < -0.4 is 9.62 Å². The molecule has 0 radical (unpaired) electrons. The predicted octanol–water partition coefficient (Wildman–Crippen LogP) is 2.03. The molecule has 4 rings (SSSR count). The van der Waals surface area contributed by atoms with Gasteiger partial charge in [-0.2, -0.15) is 0 Å². The van der Waals surface area contributed by atoms with Gasteiger partial charge in [0.05, 0.1) is 23.2 Å². The molecule has 0 aliphatic carbocycles. The molecule has 1 aliphatic rings. The van der Waals surface area contributed by atoms with Crippen LogP contribution in [0.2, 0.25) is 0 Å². The number of hydrogen-bond donors (Lipinski definition) is 2. The summed E-state index contributed by atoms with van der Waals surface area (Å²) in [6.45, 7) is 1.37. The number of anilines is 1. The minimum Gasteiger partial charge on any atom is -0.478 e. The molecule has 2 N–H and O–H groups in total. The summed E-state index contributed by atoms with van der Waals surface area (Å²) in [6.07, 6.45) is 2.10. The number of hydrogen-bond acceptors (Lipinski definition) is 7. The largest absolute Gasteiger partial charge is 0.478 e. The Balaban J connectivity index is 1.37. The van der Waals surface area contributed by atoms with Crippen LogP contribution in [-0.2, 0) is 14.8 Å². The first kappa shape index (κ1) is 21.9. The Morgan fingerprint density at radius 3 is 2.38 bits per heavy atom. The van der Waals surface area contributed by atoms with Crippen molar-refractivity contribution in [2.75, 3.05) is 31.1 Å². The van der Waals surface area contributed by atoms with E-state index in [4.69, 9.17) is 9.84 Å².